The van der Waals surface area contributed by atoms with E-state index in [1.165, 1.54) is 12.8 Å². The number of hydrogen-bond donors (Lipinski definition) is 2. The summed E-state index contributed by atoms with van der Waals surface area (Å²) >= 11 is 0. The molecule has 1 aliphatic rings. The second kappa shape index (κ2) is 10.7. The van der Waals surface area contributed by atoms with Crippen molar-refractivity contribution >= 4 is 11.6 Å². The summed E-state index contributed by atoms with van der Waals surface area (Å²) in [5.41, 5.74) is 0.315. The fourth-order valence-electron chi connectivity index (χ4n) is 3.88. The highest BCUT2D eigenvalue weighted by Gasteiger charge is 2.34. The van der Waals surface area contributed by atoms with Crippen LogP contribution in [0.4, 0.5) is 18.9 Å². The monoisotopic (exact) mass is 453 g/mol. The Bertz CT molecular complexity index is 892. The molecule has 2 aromatic rings. The SMILES string of the molecule is CNc1ccc(OC)c(CN(CCN2CCCCCC2)C(=O)c2cc(C(F)(F)F)[nH]n2)c1. The molecule has 1 amide bonds. The van der Waals surface area contributed by atoms with E-state index in [2.05, 4.69) is 15.3 Å². The van der Waals surface area contributed by atoms with Crippen LogP contribution in [0.3, 0.4) is 0 Å². The molecule has 2 heterocycles. The molecule has 1 fully saturated rings. The molecule has 0 atom stereocenters. The number of likely N-dealkylation sites (tertiary alicyclic amines) is 1. The highest BCUT2D eigenvalue weighted by molar-refractivity contribution is 5.92. The van der Waals surface area contributed by atoms with Gasteiger partial charge in [0.1, 0.15) is 11.4 Å². The van der Waals surface area contributed by atoms with Gasteiger partial charge < -0.3 is 19.9 Å². The number of rotatable bonds is 8. The van der Waals surface area contributed by atoms with Crippen molar-refractivity contribution in [3.05, 3.63) is 41.2 Å². The fourth-order valence-corrected chi connectivity index (χ4v) is 3.88. The number of carbonyl (C=O) groups excluding carboxylic acids is 1. The Morgan fingerprint density at radius 3 is 2.53 bits per heavy atom. The normalized spacial score (nSPS) is 15.3. The van der Waals surface area contributed by atoms with Gasteiger partial charge in [-0.3, -0.25) is 9.89 Å². The minimum Gasteiger partial charge on any atom is -0.496 e. The van der Waals surface area contributed by atoms with Crippen LogP contribution in [0.1, 0.15) is 47.4 Å². The third-order valence-corrected chi connectivity index (χ3v) is 5.70. The number of methoxy groups -OCH3 is 1. The summed E-state index contributed by atoms with van der Waals surface area (Å²) in [4.78, 5) is 17.0. The molecule has 0 bridgehead atoms. The number of benzene rings is 1. The number of ether oxygens (including phenoxy) is 1. The molecule has 10 heteroatoms. The number of carbonyl (C=O) groups is 1. The summed E-state index contributed by atoms with van der Waals surface area (Å²) in [6.45, 7) is 3.14. The summed E-state index contributed by atoms with van der Waals surface area (Å²) < 4.78 is 44.4. The van der Waals surface area contributed by atoms with E-state index in [0.29, 0.717) is 18.8 Å². The lowest BCUT2D eigenvalue weighted by molar-refractivity contribution is -0.141. The van der Waals surface area contributed by atoms with Crippen LogP contribution in [0.25, 0.3) is 0 Å². The molecule has 1 aliphatic heterocycles. The second-order valence-corrected chi connectivity index (χ2v) is 7.92. The van der Waals surface area contributed by atoms with Crippen LogP contribution >= 0.6 is 0 Å². The highest BCUT2D eigenvalue weighted by Crippen LogP contribution is 2.29. The number of hydrogen-bond acceptors (Lipinski definition) is 5. The molecule has 7 nitrogen and oxygen atoms in total. The van der Waals surface area contributed by atoms with Gasteiger partial charge in [0.25, 0.3) is 5.91 Å². The molecule has 0 unspecified atom stereocenters. The molecular weight excluding hydrogens is 423 g/mol. The average Bonchev–Trinajstić information content (AvgIpc) is 3.15. The van der Waals surface area contributed by atoms with E-state index in [1.807, 2.05) is 17.2 Å². The van der Waals surface area contributed by atoms with Crippen molar-refractivity contribution in [1.29, 1.82) is 0 Å². The van der Waals surface area contributed by atoms with Gasteiger partial charge in [0, 0.05) is 44.0 Å². The number of aromatic amines is 1. The number of anilines is 1. The third kappa shape index (κ3) is 6.15. The van der Waals surface area contributed by atoms with Crippen molar-refractivity contribution in [1.82, 2.24) is 20.0 Å². The number of halogens is 3. The molecule has 0 spiro atoms. The number of amides is 1. The Balaban J connectivity index is 1.83. The van der Waals surface area contributed by atoms with Crippen molar-refractivity contribution in [2.24, 2.45) is 0 Å². The van der Waals surface area contributed by atoms with Gasteiger partial charge in [-0.05, 0) is 44.1 Å². The van der Waals surface area contributed by atoms with Crippen molar-refractivity contribution in [3.63, 3.8) is 0 Å². The average molecular weight is 454 g/mol. The number of nitrogens with one attached hydrogen (secondary N) is 2. The van der Waals surface area contributed by atoms with Crippen molar-refractivity contribution in [2.45, 2.75) is 38.4 Å². The van der Waals surface area contributed by atoms with E-state index in [1.54, 1.807) is 25.1 Å². The zero-order chi connectivity index (χ0) is 23.1. The zero-order valence-corrected chi connectivity index (χ0v) is 18.5. The van der Waals surface area contributed by atoms with E-state index in [0.717, 1.165) is 43.2 Å². The minimum atomic E-state index is -4.59. The molecule has 0 saturated carbocycles. The Morgan fingerprint density at radius 1 is 1.22 bits per heavy atom. The minimum absolute atomic E-state index is 0.194. The first-order valence-electron chi connectivity index (χ1n) is 10.8. The first kappa shape index (κ1) is 23.9. The lowest BCUT2D eigenvalue weighted by atomic mass is 10.1. The standard InChI is InChI=1S/C22H30F3N5O2/c1-26-17-7-8-19(32-2)16(13-17)15-30(12-11-29-9-5-3-4-6-10-29)21(31)18-14-20(28-27-18)22(23,24)25/h7-8,13-14,26H,3-6,9-12,15H2,1-2H3,(H,27,28). The maximum Gasteiger partial charge on any atom is 0.432 e. The molecule has 3 rings (SSSR count). The van der Waals surface area contributed by atoms with Gasteiger partial charge in [0.15, 0.2) is 5.69 Å². The molecule has 176 valence electrons. The predicted molar refractivity (Wildman–Crippen MR) is 116 cm³/mol. The molecule has 0 aliphatic carbocycles. The summed E-state index contributed by atoms with van der Waals surface area (Å²) in [6.07, 6.45) is 0.0224. The number of nitrogens with zero attached hydrogens (tertiary/aromatic N) is 3. The van der Waals surface area contributed by atoms with Crippen LogP contribution in [0.15, 0.2) is 24.3 Å². The Morgan fingerprint density at radius 2 is 1.94 bits per heavy atom. The van der Waals surface area contributed by atoms with Crippen molar-refractivity contribution in [2.75, 3.05) is 45.7 Å². The van der Waals surface area contributed by atoms with Gasteiger partial charge in [-0.2, -0.15) is 18.3 Å². The van der Waals surface area contributed by atoms with Gasteiger partial charge in [0.2, 0.25) is 0 Å². The molecule has 1 aromatic carbocycles. The first-order chi connectivity index (χ1) is 15.3. The second-order valence-electron chi connectivity index (χ2n) is 7.92. The van der Waals surface area contributed by atoms with E-state index < -0.39 is 17.8 Å². The fraction of sp³-hybridized carbons (Fsp3) is 0.545. The first-order valence-corrected chi connectivity index (χ1v) is 10.8. The zero-order valence-electron chi connectivity index (χ0n) is 18.5. The summed E-state index contributed by atoms with van der Waals surface area (Å²) in [5, 5.41) is 8.62. The van der Waals surface area contributed by atoms with Crippen molar-refractivity contribution < 1.29 is 22.7 Å². The van der Waals surface area contributed by atoms with Crippen LogP contribution in [-0.4, -0.2) is 66.2 Å². The van der Waals surface area contributed by atoms with Crippen LogP contribution in [0, 0.1) is 0 Å². The molecular formula is C22H30F3N5O2. The molecule has 1 saturated heterocycles. The summed E-state index contributed by atoms with van der Waals surface area (Å²) in [7, 11) is 3.33. The van der Waals surface area contributed by atoms with Gasteiger partial charge in [-0.1, -0.05) is 12.8 Å². The number of H-pyrrole nitrogens is 1. The van der Waals surface area contributed by atoms with E-state index in [9.17, 15) is 18.0 Å². The van der Waals surface area contributed by atoms with E-state index in [-0.39, 0.29) is 12.2 Å². The quantitative estimate of drug-likeness (QED) is 0.632. The van der Waals surface area contributed by atoms with E-state index in [4.69, 9.17) is 4.74 Å². The Kier molecular flexibility index (Phi) is 8.00. The van der Waals surface area contributed by atoms with Crippen LogP contribution in [0.5, 0.6) is 5.75 Å². The molecule has 1 aromatic heterocycles. The Labute approximate surface area is 185 Å². The predicted octanol–water partition coefficient (Wildman–Crippen LogP) is 4.00. The number of aromatic nitrogens is 2. The Hall–Kier alpha value is -2.75. The highest BCUT2D eigenvalue weighted by atomic mass is 19.4. The molecule has 2 N–H and O–H groups in total. The van der Waals surface area contributed by atoms with E-state index >= 15 is 0 Å². The van der Waals surface area contributed by atoms with Gasteiger partial charge in [-0.15, -0.1) is 0 Å². The lowest BCUT2D eigenvalue weighted by Crippen LogP contribution is -2.39. The van der Waals surface area contributed by atoms with Crippen molar-refractivity contribution in [3.8, 4) is 5.75 Å². The maximum atomic E-state index is 13.2. The van der Waals surface area contributed by atoms with Gasteiger partial charge >= 0.3 is 6.18 Å². The summed E-state index contributed by atoms with van der Waals surface area (Å²) in [5.74, 6) is 0.0538. The molecule has 0 radical (unpaired) electrons. The van der Waals surface area contributed by atoms with Gasteiger partial charge in [0.05, 0.1) is 7.11 Å². The summed E-state index contributed by atoms with van der Waals surface area (Å²) in [6, 6.07) is 6.29. The van der Waals surface area contributed by atoms with Crippen LogP contribution < -0.4 is 10.1 Å². The van der Waals surface area contributed by atoms with Gasteiger partial charge in [-0.25, -0.2) is 0 Å². The third-order valence-electron chi connectivity index (χ3n) is 5.70. The largest absolute Gasteiger partial charge is 0.496 e. The smallest absolute Gasteiger partial charge is 0.432 e. The van der Waals surface area contributed by atoms with Crippen LogP contribution in [0.2, 0.25) is 0 Å². The maximum absolute atomic E-state index is 13.2. The molecule has 32 heavy (non-hydrogen) atoms. The van der Waals surface area contributed by atoms with Crippen LogP contribution in [-0.2, 0) is 12.7 Å². The topological polar surface area (TPSA) is 73.5 Å². The number of alkyl halides is 3. The lowest BCUT2D eigenvalue weighted by Gasteiger charge is -2.27.